The smallest absolute Gasteiger partial charge is 0.313 e. The van der Waals surface area contributed by atoms with Crippen LogP contribution in [0.15, 0.2) is 23.2 Å². The molecule has 130 valence electrons. The lowest BCUT2D eigenvalue weighted by atomic mass is 9.90. The van der Waals surface area contributed by atoms with Gasteiger partial charge in [-0.3, -0.25) is 9.59 Å². The van der Waals surface area contributed by atoms with E-state index in [1.807, 2.05) is 0 Å². The van der Waals surface area contributed by atoms with E-state index >= 15 is 0 Å². The molecule has 9 heteroatoms. The number of amides is 2. The Morgan fingerprint density at radius 3 is 2.58 bits per heavy atom. The number of nitrogens with zero attached hydrogens (tertiary/aromatic N) is 1. The number of benzene rings is 1. The molecule has 0 heterocycles. The maximum absolute atomic E-state index is 13.4. The van der Waals surface area contributed by atoms with E-state index < -0.39 is 17.6 Å². The van der Waals surface area contributed by atoms with Crippen LogP contribution in [0, 0.1) is 5.82 Å². The van der Waals surface area contributed by atoms with Crippen LogP contribution in [0.4, 0.5) is 10.1 Å². The lowest BCUT2D eigenvalue weighted by molar-refractivity contribution is -0.136. The molecule has 2 amide bonds. The largest absolute Gasteiger partial charge is 0.370 e. The summed E-state index contributed by atoms with van der Waals surface area (Å²) in [7, 11) is 0. The fourth-order valence-electron chi connectivity index (χ4n) is 2.62. The molecule has 0 radical (unpaired) electrons. The second-order valence-corrected chi connectivity index (χ2v) is 5.98. The van der Waals surface area contributed by atoms with E-state index in [0.29, 0.717) is 6.42 Å². The molecule has 1 aliphatic rings. The van der Waals surface area contributed by atoms with Gasteiger partial charge in [0.2, 0.25) is 0 Å². The first-order valence-corrected chi connectivity index (χ1v) is 7.90. The highest BCUT2D eigenvalue weighted by molar-refractivity contribution is 6.39. The average Bonchev–Trinajstić information content (AvgIpc) is 2.52. The summed E-state index contributed by atoms with van der Waals surface area (Å²) < 4.78 is 13.4. The van der Waals surface area contributed by atoms with Crippen LogP contribution in [0.1, 0.15) is 25.7 Å². The molecule has 24 heavy (non-hydrogen) atoms. The third-order valence-electron chi connectivity index (χ3n) is 3.74. The van der Waals surface area contributed by atoms with Gasteiger partial charge >= 0.3 is 11.8 Å². The number of hydrogen-bond donors (Lipinski definition) is 4. The zero-order valence-corrected chi connectivity index (χ0v) is 13.6. The summed E-state index contributed by atoms with van der Waals surface area (Å²) in [6.07, 6.45) is 3.26. The Bertz CT molecular complexity index is 663. The average molecular weight is 356 g/mol. The minimum absolute atomic E-state index is 0.0535. The second kappa shape index (κ2) is 7.96. The van der Waals surface area contributed by atoms with Crippen LogP contribution >= 0.6 is 11.6 Å². The minimum atomic E-state index is -0.897. The van der Waals surface area contributed by atoms with E-state index in [0.717, 1.165) is 25.3 Å². The molecular weight excluding hydrogens is 337 g/mol. The Morgan fingerprint density at radius 1 is 1.21 bits per heavy atom. The van der Waals surface area contributed by atoms with Crippen LogP contribution in [-0.4, -0.2) is 29.9 Å². The third kappa shape index (κ3) is 4.82. The van der Waals surface area contributed by atoms with E-state index in [1.54, 1.807) is 0 Å². The number of nitrogens with one attached hydrogen (secondary N) is 2. The Hall–Kier alpha value is -2.35. The number of aliphatic imine (C=N–C) groups is 1. The molecule has 1 fully saturated rings. The number of anilines is 1. The molecule has 2 atom stereocenters. The van der Waals surface area contributed by atoms with Gasteiger partial charge in [0, 0.05) is 5.69 Å². The quantitative estimate of drug-likeness (QED) is 0.368. The van der Waals surface area contributed by atoms with Crippen molar-refractivity contribution in [3.05, 3.63) is 29.0 Å². The van der Waals surface area contributed by atoms with Gasteiger partial charge in [0.15, 0.2) is 5.96 Å². The highest BCUT2D eigenvalue weighted by Crippen LogP contribution is 2.21. The van der Waals surface area contributed by atoms with Gasteiger partial charge in [-0.15, -0.1) is 0 Å². The molecule has 1 aromatic carbocycles. The third-order valence-corrected chi connectivity index (χ3v) is 4.05. The zero-order chi connectivity index (χ0) is 17.7. The summed E-state index contributed by atoms with van der Waals surface area (Å²) in [6.45, 7) is 0. The number of rotatable bonds is 3. The first-order chi connectivity index (χ1) is 11.4. The second-order valence-electron chi connectivity index (χ2n) is 5.57. The van der Waals surface area contributed by atoms with Crippen molar-refractivity contribution in [3.63, 3.8) is 0 Å². The number of carbonyl (C=O) groups is 2. The van der Waals surface area contributed by atoms with Crippen LogP contribution < -0.4 is 22.1 Å². The van der Waals surface area contributed by atoms with Gasteiger partial charge in [-0.25, -0.2) is 9.38 Å². The van der Waals surface area contributed by atoms with Crippen molar-refractivity contribution in [2.45, 2.75) is 37.8 Å². The Labute approximate surface area is 143 Å². The Kier molecular flexibility index (Phi) is 5.97. The van der Waals surface area contributed by atoms with Crippen LogP contribution in [0.25, 0.3) is 0 Å². The standard InChI is InChI=1S/C15H19ClFN5O2/c16-9-6-5-8(7-10(9)17)20-13(23)14(24)21-11-3-1-2-4-12(11)22-15(18)19/h5-7,11-12H,1-4H2,(H,20,23)(H,21,24)(H4,18,19,22)/t11-,12-/m0/s1. The summed E-state index contributed by atoms with van der Waals surface area (Å²) in [6, 6.07) is 3.16. The zero-order valence-electron chi connectivity index (χ0n) is 12.9. The van der Waals surface area contributed by atoms with Crippen molar-refractivity contribution in [1.82, 2.24) is 5.32 Å². The molecule has 0 saturated heterocycles. The maximum Gasteiger partial charge on any atom is 0.313 e. The molecular formula is C15H19ClFN5O2. The van der Waals surface area contributed by atoms with E-state index in [1.165, 1.54) is 12.1 Å². The highest BCUT2D eigenvalue weighted by atomic mass is 35.5. The predicted molar refractivity (Wildman–Crippen MR) is 90.0 cm³/mol. The van der Waals surface area contributed by atoms with Gasteiger partial charge in [0.25, 0.3) is 0 Å². The number of hydrogen-bond acceptors (Lipinski definition) is 3. The minimum Gasteiger partial charge on any atom is -0.370 e. The Balaban J connectivity index is 1.98. The molecule has 1 aromatic rings. The molecule has 0 spiro atoms. The monoisotopic (exact) mass is 355 g/mol. The maximum atomic E-state index is 13.4. The SMILES string of the molecule is NC(N)=N[C@H]1CCCC[C@@H]1NC(=O)C(=O)Nc1ccc(Cl)c(F)c1. The van der Waals surface area contributed by atoms with Crippen molar-refractivity contribution in [1.29, 1.82) is 0 Å². The molecule has 2 rings (SSSR count). The first-order valence-electron chi connectivity index (χ1n) is 7.52. The summed E-state index contributed by atoms with van der Waals surface area (Å²) in [5.74, 6) is -2.46. The number of halogens is 2. The molecule has 0 aromatic heterocycles. The van der Waals surface area contributed by atoms with Crippen LogP contribution in [0.5, 0.6) is 0 Å². The summed E-state index contributed by atoms with van der Waals surface area (Å²) in [5, 5.41) is 4.88. The topological polar surface area (TPSA) is 123 Å². The summed E-state index contributed by atoms with van der Waals surface area (Å²) in [4.78, 5) is 28.1. The van der Waals surface area contributed by atoms with Crippen LogP contribution in [0.2, 0.25) is 5.02 Å². The van der Waals surface area contributed by atoms with Crippen molar-refractivity contribution < 1.29 is 14.0 Å². The fraction of sp³-hybridized carbons (Fsp3) is 0.400. The molecule has 6 N–H and O–H groups in total. The van der Waals surface area contributed by atoms with Gasteiger partial charge in [-0.2, -0.15) is 0 Å². The molecule has 1 aliphatic carbocycles. The number of nitrogens with two attached hydrogens (primary N) is 2. The molecule has 1 saturated carbocycles. The Morgan fingerprint density at radius 2 is 1.92 bits per heavy atom. The number of carbonyl (C=O) groups excluding carboxylic acids is 2. The summed E-state index contributed by atoms with van der Waals surface area (Å²) in [5.41, 5.74) is 10.9. The highest BCUT2D eigenvalue weighted by Gasteiger charge is 2.28. The van der Waals surface area contributed by atoms with E-state index in [2.05, 4.69) is 15.6 Å². The van der Waals surface area contributed by atoms with Crippen molar-refractivity contribution in [2.75, 3.05) is 5.32 Å². The molecule has 7 nitrogen and oxygen atoms in total. The van der Waals surface area contributed by atoms with Crippen LogP contribution in [0.3, 0.4) is 0 Å². The van der Waals surface area contributed by atoms with E-state index in [4.69, 9.17) is 23.1 Å². The predicted octanol–water partition coefficient (Wildman–Crippen LogP) is 1.12. The molecule has 0 bridgehead atoms. The van der Waals surface area contributed by atoms with E-state index in [-0.39, 0.29) is 28.8 Å². The molecule has 0 aliphatic heterocycles. The lowest BCUT2D eigenvalue weighted by Crippen LogP contribution is -2.49. The van der Waals surface area contributed by atoms with E-state index in [9.17, 15) is 14.0 Å². The normalized spacial score (nSPS) is 20.1. The fourth-order valence-corrected chi connectivity index (χ4v) is 2.74. The first kappa shape index (κ1) is 18.0. The molecule has 0 unspecified atom stereocenters. The van der Waals surface area contributed by atoms with Gasteiger partial charge in [0.1, 0.15) is 5.82 Å². The van der Waals surface area contributed by atoms with Gasteiger partial charge < -0.3 is 22.1 Å². The van der Waals surface area contributed by atoms with Gasteiger partial charge in [-0.05, 0) is 31.0 Å². The van der Waals surface area contributed by atoms with Gasteiger partial charge in [0.05, 0.1) is 17.1 Å². The summed E-state index contributed by atoms with van der Waals surface area (Å²) >= 11 is 5.57. The van der Waals surface area contributed by atoms with Crippen molar-refractivity contribution in [2.24, 2.45) is 16.5 Å². The van der Waals surface area contributed by atoms with Gasteiger partial charge in [-0.1, -0.05) is 24.4 Å². The van der Waals surface area contributed by atoms with Crippen LogP contribution in [-0.2, 0) is 9.59 Å². The van der Waals surface area contributed by atoms with Crippen molar-refractivity contribution in [3.8, 4) is 0 Å². The van der Waals surface area contributed by atoms with Crippen molar-refractivity contribution >= 4 is 35.1 Å². The number of guanidine groups is 1. The lowest BCUT2D eigenvalue weighted by Gasteiger charge is -2.29.